The lowest BCUT2D eigenvalue weighted by Gasteiger charge is -1.93. The van der Waals surface area contributed by atoms with Gasteiger partial charge in [-0.2, -0.15) is 12.6 Å². The van der Waals surface area contributed by atoms with Crippen molar-refractivity contribution in [1.82, 2.24) is 0 Å². The van der Waals surface area contributed by atoms with Crippen molar-refractivity contribution in [3.05, 3.63) is 11.0 Å². The van der Waals surface area contributed by atoms with Crippen molar-refractivity contribution in [2.75, 3.05) is 12.0 Å². The van der Waals surface area contributed by atoms with Crippen LogP contribution in [-0.4, -0.2) is 23.1 Å². The Labute approximate surface area is 63.7 Å². The molecule has 52 valence electrons. The van der Waals surface area contributed by atoms with E-state index in [1.165, 1.54) is 11.8 Å². The predicted octanol–water partition coefficient (Wildman–Crippen LogP) is 1.25. The van der Waals surface area contributed by atoms with Gasteiger partial charge in [-0.05, 0) is 6.26 Å². The summed E-state index contributed by atoms with van der Waals surface area (Å²) in [6.45, 7) is 0. The SMILES string of the molecule is CS/C(=C\C(=O)O)CS. The maximum atomic E-state index is 10.0. The first-order chi connectivity index (χ1) is 4.20. The number of thiol groups is 1. The third kappa shape index (κ3) is 4.42. The van der Waals surface area contributed by atoms with Crippen molar-refractivity contribution in [2.24, 2.45) is 0 Å². The smallest absolute Gasteiger partial charge is 0.329 e. The van der Waals surface area contributed by atoms with Crippen LogP contribution in [0.2, 0.25) is 0 Å². The number of hydrogen-bond acceptors (Lipinski definition) is 3. The number of carboxylic acid groups (broad SMARTS) is 1. The largest absolute Gasteiger partial charge is 0.478 e. The summed E-state index contributed by atoms with van der Waals surface area (Å²) in [5.41, 5.74) is 0. The molecule has 0 saturated heterocycles. The van der Waals surface area contributed by atoms with Crippen molar-refractivity contribution in [1.29, 1.82) is 0 Å². The van der Waals surface area contributed by atoms with Crippen LogP contribution in [0.1, 0.15) is 0 Å². The first-order valence-corrected chi connectivity index (χ1v) is 4.14. The average molecular weight is 164 g/mol. The second kappa shape index (κ2) is 4.76. The van der Waals surface area contributed by atoms with Crippen LogP contribution in [0.15, 0.2) is 11.0 Å². The Hall–Kier alpha value is -0.0900. The van der Waals surface area contributed by atoms with Crippen LogP contribution in [0.4, 0.5) is 0 Å². The number of rotatable bonds is 3. The molecular weight excluding hydrogens is 156 g/mol. The van der Waals surface area contributed by atoms with Crippen molar-refractivity contribution in [3.63, 3.8) is 0 Å². The Morgan fingerprint density at radius 3 is 2.56 bits per heavy atom. The molecule has 0 amide bonds. The highest BCUT2D eigenvalue weighted by Crippen LogP contribution is 2.11. The molecule has 0 radical (unpaired) electrons. The van der Waals surface area contributed by atoms with Crippen LogP contribution in [0.5, 0.6) is 0 Å². The lowest BCUT2D eigenvalue weighted by Crippen LogP contribution is -1.90. The molecule has 0 atom stereocenters. The maximum Gasteiger partial charge on any atom is 0.329 e. The molecule has 0 aromatic rings. The third-order valence-electron chi connectivity index (χ3n) is 0.702. The number of carbonyl (C=O) groups is 1. The third-order valence-corrected chi connectivity index (χ3v) is 2.04. The molecule has 0 bridgehead atoms. The van der Waals surface area contributed by atoms with Gasteiger partial charge in [-0.25, -0.2) is 4.79 Å². The topological polar surface area (TPSA) is 37.3 Å². The molecule has 0 saturated carbocycles. The molecular formula is C5H8O2S2. The van der Waals surface area contributed by atoms with E-state index in [1.807, 2.05) is 6.26 Å². The molecule has 0 heterocycles. The van der Waals surface area contributed by atoms with Crippen LogP contribution < -0.4 is 0 Å². The monoisotopic (exact) mass is 164 g/mol. The summed E-state index contributed by atoms with van der Waals surface area (Å²) >= 11 is 5.32. The summed E-state index contributed by atoms with van der Waals surface area (Å²) in [5, 5.41) is 8.22. The van der Waals surface area contributed by atoms with Gasteiger partial charge in [-0.1, -0.05) is 0 Å². The number of thioether (sulfide) groups is 1. The highest BCUT2D eigenvalue weighted by atomic mass is 32.2. The zero-order valence-corrected chi connectivity index (χ0v) is 6.71. The van der Waals surface area contributed by atoms with E-state index in [9.17, 15) is 4.79 Å². The summed E-state index contributed by atoms with van der Waals surface area (Å²) in [6.07, 6.45) is 2.99. The summed E-state index contributed by atoms with van der Waals surface area (Å²) in [4.78, 5) is 10.8. The van der Waals surface area contributed by atoms with Gasteiger partial charge >= 0.3 is 5.97 Å². The average Bonchev–Trinajstić information content (AvgIpc) is 1.82. The molecule has 0 rings (SSSR count). The van der Waals surface area contributed by atoms with E-state index >= 15 is 0 Å². The zero-order valence-electron chi connectivity index (χ0n) is 5.00. The Kier molecular flexibility index (Phi) is 4.71. The van der Waals surface area contributed by atoms with Gasteiger partial charge in [-0.3, -0.25) is 0 Å². The van der Waals surface area contributed by atoms with Gasteiger partial charge < -0.3 is 5.11 Å². The number of hydrogen-bond donors (Lipinski definition) is 2. The van der Waals surface area contributed by atoms with Crippen LogP contribution >= 0.6 is 24.4 Å². The standard InChI is InChI=1S/C5H8O2S2/c1-9-4(3-8)2-5(6)7/h2,8H,3H2,1H3,(H,6,7)/b4-2-. The van der Waals surface area contributed by atoms with E-state index in [0.717, 1.165) is 11.0 Å². The molecule has 0 aliphatic carbocycles. The van der Waals surface area contributed by atoms with Crippen molar-refractivity contribution in [3.8, 4) is 0 Å². The molecule has 0 aliphatic rings. The van der Waals surface area contributed by atoms with E-state index in [1.54, 1.807) is 0 Å². The molecule has 0 fully saturated rings. The normalized spacial score (nSPS) is 11.6. The van der Waals surface area contributed by atoms with Gasteiger partial charge in [0.2, 0.25) is 0 Å². The molecule has 0 aromatic heterocycles. The number of aliphatic carboxylic acids is 1. The van der Waals surface area contributed by atoms with Crippen molar-refractivity contribution in [2.45, 2.75) is 0 Å². The van der Waals surface area contributed by atoms with Crippen molar-refractivity contribution >= 4 is 30.4 Å². The van der Waals surface area contributed by atoms with Gasteiger partial charge in [0, 0.05) is 16.7 Å². The summed E-state index contributed by atoms with van der Waals surface area (Å²) in [5.74, 6) is -0.415. The predicted molar refractivity (Wildman–Crippen MR) is 43.1 cm³/mol. The second-order valence-corrected chi connectivity index (χ2v) is 2.56. The molecule has 0 aromatic carbocycles. The Bertz CT molecular complexity index is 125. The summed E-state index contributed by atoms with van der Waals surface area (Å²) in [7, 11) is 0. The second-order valence-electron chi connectivity index (χ2n) is 1.31. The lowest BCUT2D eigenvalue weighted by molar-refractivity contribution is -0.131. The lowest BCUT2D eigenvalue weighted by atomic mass is 10.5. The van der Waals surface area contributed by atoms with E-state index < -0.39 is 5.97 Å². The molecule has 0 spiro atoms. The van der Waals surface area contributed by atoms with Crippen LogP contribution in [0.3, 0.4) is 0 Å². The quantitative estimate of drug-likeness (QED) is 0.487. The molecule has 0 aliphatic heterocycles. The minimum Gasteiger partial charge on any atom is -0.478 e. The Balaban J connectivity index is 3.91. The molecule has 9 heavy (non-hydrogen) atoms. The molecule has 4 heteroatoms. The highest BCUT2D eigenvalue weighted by molar-refractivity contribution is 8.03. The summed E-state index contributed by atoms with van der Waals surface area (Å²) < 4.78 is 0. The fraction of sp³-hybridized carbons (Fsp3) is 0.400. The summed E-state index contributed by atoms with van der Waals surface area (Å²) in [6, 6.07) is 0. The van der Waals surface area contributed by atoms with Crippen molar-refractivity contribution < 1.29 is 9.90 Å². The maximum absolute atomic E-state index is 10.0. The fourth-order valence-corrected chi connectivity index (χ4v) is 1.13. The highest BCUT2D eigenvalue weighted by Gasteiger charge is 1.94. The number of carboxylic acids is 1. The first kappa shape index (κ1) is 8.91. The van der Waals surface area contributed by atoms with E-state index in [4.69, 9.17) is 5.11 Å². The van der Waals surface area contributed by atoms with Crippen LogP contribution in [-0.2, 0) is 4.79 Å². The van der Waals surface area contributed by atoms with Crippen LogP contribution in [0, 0.1) is 0 Å². The minimum absolute atomic E-state index is 0.494. The Morgan fingerprint density at radius 2 is 2.44 bits per heavy atom. The molecule has 2 nitrogen and oxygen atoms in total. The Morgan fingerprint density at radius 1 is 1.89 bits per heavy atom. The first-order valence-electron chi connectivity index (χ1n) is 2.29. The van der Waals surface area contributed by atoms with E-state index in [-0.39, 0.29) is 0 Å². The van der Waals surface area contributed by atoms with Gasteiger partial charge in [-0.15, -0.1) is 11.8 Å². The molecule has 1 N–H and O–H groups in total. The van der Waals surface area contributed by atoms with Gasteiger partial charge in [0.25, 0.3) is 0 Å². The van der Waals surface area contributed by atoms with E-state index in [0.29, 0.717) is 5.75 Å². The van der Waals surface area contributed by atoms with E-state index in [2.05, 4.69) is 12.6 Å². The van der Waals surface area contributed by atoms with Gasteiger partial charge in [0.1, 0.15) is 0 Å². The van der Waals surface area contributed by atoms with Crippen LogP contribution in [0.25, 0.3) is 0 Å². The minimum atomic E-state index is -0.909. The fourth-order valence-electron chi connectivity index (χ4n) is 0.307. The zero-order chi connectivity index (χ0) is 7.28. The van der Waals surface area contributed by atoms with Gasteiger partial charge in [0.15, 0.2) is 0 Å². The van der Waals surface area contributed by atoms with Gasteiger partial charge in [0.05, 0.1) is 0 Å². The molecule has 0 unspecified atom stereocenters.